The minimum Gasteiger partial charge on any atom is -0.462 e. The first kappa shape index (κ1) is 105. The Labute approximate surface area is 658 Å². The molecule has 0 aromatic rings. The number of carbonyl (C=O) groups is 4. The number of hydrogen-bond donors (Lipinski definition) is 3. The molecule has 107 heavy (non-hydrogen) atoms. The van der Waals surface area contributed by atoms with Crippen molar-refractivity contribution >= 4 is 39.5 Å². The van der Waals surface area contributed by atoms with Crippen molar-refractivity contribution in [1.82, 2.24) is 0 Å². The Balaban J connectivity index is 5.24. The first-order valence-corrected chi connectivity index (χ1v) is 48.5. The first-order chi connectivity index (χ1) is 51.9. The van der Waals surface area contributed by atoms with Crippen molar-refractivity contribution in [2.24, 2.45) is 11.8 Å². The molecule has 0 aliphatic rings. The van der Waals surface area contributed by atoms with Crippen molar-refractivity contribution in [3.63, 3.8) is 0 Å². The predicted octanol–water partition coefficient (Wildman–Crippen LogP) is 27.0. The van der Waals surface area contributed by atoms with Gasteiger partial charge in [-0.25, -0.2) is 9.13 Å². The van der Waals surface area contributed by atoms with Gasteiger partial charge in [-0.15, -0.1) is 0 Å². The lowest BCUT2D eigenvalue weighted by Gasteiger charge is -2.21. The molecule has 0 amide bonds. The fourth-order valence-electron chi connectivity index (χ4n) is 13.8. The Kier molecular flexibility index (Phi) is 77.9. The number of unbranched alkanes of at least 4 members (excludes halogenated alkanes) is 57. The molecule has 5 atom stereocenters. The number of hydrogen-bond acceptors (Lipinski definition) is 15. The van der Waals surface area contributed by atoms with Gasteiger partial charge < -0.3 is 33.8 Å². The van der Waals surface area contributed by atoms with E-state index in [-0.39, 0.29) is 25.7 Å². The second kappa shape index (κ2) is 79.3. The van der Waals surface area contributed by atoms with Crippen molar-refractivity contribution in [3.8, 4) is 0 Å². The largest absolute Gasteiger partial charge is 0.472 e. The fourth-order valence-corrected chi connectivity index (χ4v) is 15.4. The number of carbonyl (C=O) groups excluding carboxylic acids is 4. The molecule has 0 rings (SSSR count). The van der Waals surface area contributed by atoms with E-state index in [2.05, 4.69) is 41.5 Å². The second-order valence-electron chi connectivity index (χ2n) is 32.6. The highest BCUT2D eigenvalue weighted by Gasteiger charge is 2.30. The molecule has 636 valence electrons. The van der Waals surface area contributed by atoms with Crippen molar-refractivity contribution < 1.29 is 80.2 Å². The van der Waals surface area contributed by atoms with E-state index in [0.29, 0.717) is 25.7 Å². The standard InChI is InChI=1S/C88H172O17P2/c1-7-9-11-13-15-17-19-21-23-25-26-27-28-29-31-33-37-41-47-54-60-66-72-87(92)104-83(76-98-85(90)70-64-58-52-46-40-36-32-30-24-22-20-18-16-14-12-10-8-2)78-102-106(94,95)100-74-82(89)75-101-107(96,97)103-79-84(77-99-86(91)71-65-59-53-49-43-45-51-57-63-69-81(5)6)105-88(93)73-67-61-55-48-42-38-34-35-39-44-50-56-62-68-80(3)4/h80-84,89H,7-79H2,1-6H3,(H,94,95)(H,96,97)/t82-,83-,84-/m1/s1. The molecule has 0 aromatic carbocycles. The Bertz CT molecular complexity index is 2050. The van der Waals surface area contributed by atoms with Crippen LogP contribution >= 0.6 is 15.6 Å². The summed E-state index contributed by atoms with van der Waals surface area (Å²) in [7, 11) is -9.93. The van der Waals surface area contributed by atoms with Gasteiger partial charge in [0.2, 0.25) is 0 Å². The smallest absolute Gasteiger partial charge is 0.462 e. The molecule has 0 radical (unpaired) electrons. The molecule has 0 heterocycles. The zero-order chi connectivity index (χ0) is 78.5. The molecule has 0 aliphatic carbocycles. The van der Waals surface area contributed by atoms with E-state index in [1.807, 2.05) is 0 Å². The molecular weight excluding hydrogens is 1390 g/mol. The first-order valence-electron chi connectivity index (χ1n) is 45.5. The number of phosphoric acid groups is 2. The Hall–Kier alpha value is -1.94. The van der Waals surface area contributed by atoms with Crippen LogP contribution in [-0.2, 0) is 65.4 Å². The fraction of sp³-hybridized carbons (Fsp3) is 0.955. The average Bonchev–Trinajstić information content (AvgIpc) is 0.904. The monoisotopic (exact) mass is 1560 g/mol. The summed E-state index contributed by atoms with van der Waals surface area (Å²) in [5.41, 5.74) is 0. The summed E-state index contributed by atoms with van der Waals surface area (Å²) in [6, 6.07) is 0. The van der Waals surface area contributed by atoms with Gasteiger partial charge >= 0.3 is 39.5 Å². The van der Waals surface area contributed by atoms with Crippen molar-refractivity contribution in [2.75, 3.05) is 39.6 Å². The number of aliphatic hydroxyl groups is 1. The van der Waals surface area contributed by atoms with Crippen LogP contribution in [0.4, 0.5) is 0 Å². The maximum Gasteiger partial charge on any atom is 0.472 e. The SMILES string of the molecule is CCCCCCCCCCCCCCCCCCCCCCCCC(=O)O[C@H](COC(=O)CCCCCCCCCCCCCCCCCCC)COP(=O)(O)OC[C@@H](O)COP(=O)(O)OC[C@@H](COC(=O)CCCCCCCCCCCC(C)C)OC(=O)CCCCCCCCCCCCCCCC(C)C. The molecule has 3 N–H and O–H groups in total. The van der Waals surface area contributed by atoms with Crippen LogP contribution in [0.15, 0.2) is 0 Å². The molecule has 17 nitrogen and oxygen atoms in total. The highest BCUT2D eigenvalue weighted by molar-refractivity contribution is 7.47. The Morgan fingerprint density at radius 1 is 0.252 bits per heavy atom. The zero-order valence-corrected chi connectivity index (χ0v) is 72.2. The normalized spacial score (nSPS) is 13.8. The quantitative estimate of drug-likeness (QED) is 0.0222. The summed E-state index contributed by atoms with van der Waals surface area (Å²) < 4.78 is 69.0. The zero-order valence-electron chi connectivity index (χ0n) is 70.5. The molecular formula is C88H172O17P2. The maximum absolute atomic E-state index is 13.2. The third-order valence-corrected chi connectivity index (χ3v) is 22.6. The van der Waals surface area contributed by atoms with Gasteiger partial charge in [0.05, 0.1) is 26.4 Å². The predicted molar refractivity (Wildman–Crippen MR) is 442 cm³/mol. The van der Waals surface area contributed by atoms with Crippen LogP contribution < -0.4 is 0 Å². The van der Waals surface area contributed by atoms with Gasteiger partial charge in [-0.1, -0.05) is 420 Å². The maximum atomic E-state index is 13.2. The number of ether oxygens (including phenoxy) is 4. The number of esters is 4. The third-order valence-electron chi connectivity index (χ3n) is 20.7. The van der Waals surface area contributed by atoms with Gasteiger partial charge in [-0.05, 0) is 37.5 Å². The molecule has 0 saturated carbocycles. The van der Waals surface area contributed by atoms with Crippen LogP contribution in [0.2, 0.25) is 0 Å². The molecule has 0 fully saturated rings. The molecule has 19 heteroatoms. The van der Waals surface area contributed by atoms with E-state index < -0.39 is 97.5 Å². The number of phosphoric ester groups is 2. The molecule has 0 aromatic heterocycles. The van der Waals surface area contributed by atoms with Gasteiger partial charge in [0.15, 0.2) is 12.2 Å². The van der Waals surface area contributed by atoms with Crippen LogP contribution in [0.5, 0.6) is 0 Å². The highest BCUT2D eigenvalue weighted by atomic mass is 31.2. The van der Waals surface area contributed by atoms with Crippen molar-refractivity contribution in [2.45, 2.75) is 490 Å². The van der Waals surface area contributed by atoms with Gasteiger partial charge in [0, 0.05) is 25.7 Å². The molecule has 2 unspecified atom stereocenters. The summed E-state index contributed by atoms with van der Waals surface area (Å²) in [6.07, 6.45) is 72.3. The summed E-state index contributed by atoms with van der Waals surface area (Å²) in [5.74, 6) is -0.570. The van der Waals surface area contributed by atoms with Gasteiger partial charge in [0.25, 0.3) is 0 Å². The molecule has 0 spiro atoms. The lowest BCUT2D eigenvalue weighted by Crippen LogP contribution is -2.30. The third kappa shape index (κ3) is 81.9. The van der Waals surface area contributed by atoms with Crippen LogP contribution in [0.25, 0.3) is 0 Å². The van der Waals surface area contributed by atoms with E-state index in [9.17, 15) is 43.2 Å². The van der Waals surface area contributed by atoms with Crippen LogP contribution in [-0.4, -0.2) is 96.7 Å². The number of aliphatic hydroxyl groups excluding tert-OH is 1. The Morgan fingerprint density at radius 2 is 0.430 bits per heavy atom. The van der Waals surface area contributed by atoms with E-state index >= 15 is 0 Å². The molecule has 0 saturated heterocycles. The molecule has 0 bridgehead atoms. The van der Waals surface area contributed by atoms with Gasteiger partial charge in [0.1, 0.15) is 19.3 Å². The highest BCUT2D eigenvalue weighted by Crippen LogP contribution is 2.45. The van der Waals surface area contributed by atoms with Crippen molar-refractivity contribution in [3.05, 3.63) is 0 Å². The van der Waals surface area contributed by atoms with Crippen LogP contribution in [0.3, 0.4) is 0 Å². The van der Waals surface area contributed by atoms with Gasteiger partial charge in [-0.2, -0.15) is 0 Å². The van der Waals surface area contributed by atoms with Crippen LogP contribution in [0.1, 0.15) is 472 Å². The molecule has 0 aliphatic heterocycles. The van der Waals surface area contributed by atoms with Crippen LogP contribution in [0, 0.1) is 11.8 Å². The van der Waals surface area contributed by atoms with E-state index in [1.165, 1.54) is 289 Å². The topological polar surface area (TPSA) is 237 Å². The van der Waals surface area contributed by atoms with E-state index in [0.717, 1.165) is 102 Å². The minimum atomic E-state index is -4.97. The lowest BCUT2D eigenvalue weighted by molar-refractivity contribution is -0.161. The number of rotatable bonds is 87. The summed E-state index contributed by atoms with van der Waals surface area (Å²) in [5, 5.41) is 10.7. The van der Waals surface area contributed by atoms with Crippen molar-refractivity contribution in [1.29, 1.82) is 0 Å². The average molecular weight is 1560 g/mol. The Morgan fingerprint density at radius 3 is 0.636 bits per heavy atom. The lowest BCUT2D eigenvalue weighted by atomic mass is 10.0. The second-order valence-corrected chi connectivity index (χ2v) is 35.5. The van der Waals surface area contributed by atoms with Gasteiger partial charge in [-0.3, -0.25) is 37.3 Å². The minimum absolute atomic E-state index is 0.107. The summed E-state index contributed by atoms with van der Waals surface area (Å²) in [6.45, 7) is 9.68. The summed E-state index contributed by atoms with van der Waals surface area (Å²) >= 11 is 0. The summed E-state index contributed by atoms with van der Waals surface area (Å²) in [4.78, 5) is 73.3. The van der Waals surface area contributed by atoms with E-state index in [4.69, 9.17) is 37.0 Å². The van der Waals surface area contributed by atoms with E-state index in [1.54, 1.807) is 0 Å².